The van der Waals surface area contributed by atoms with E-state index in [1.165, 1.54) is 6.07 Å². The van der Waals surface area contributed by atoms with Crippen LogP contribution in [-0.2, 0) is 17.8 Å². The van der Waals surface area contributed by atoms with Gasteiger partial charge in [-0.3, -0.25) is 9.48 Å². The number of carbonyl (C=O) groups is 1. The van der Waals surface area contributed by atoms with Gasteiger partial charge >= 0.3 is 0 Å². The summed E-state index contributed by atoms with van der Waals surface area (Å²) < 4.78 is 22.7. The summed E-state index contributed by atoms with van der Waals surface area (Å²) in [5.41, 5.74) is 3.82. The number of fused-ring (bicyclic) bond motifs is 3. The fourth-order valence-electron chi connectivity index (χ4n) is 4.58. The molecule has 0 saturated carbocycles. The first-order valence-electron chi connectivity index (χ1n) is 11.5. The molecule has 1 atom stereocenters. The maximum absolute atomic E-state index is 15.2. The number of carbonyl (C=O) groups excluding carboxylic acids is 1. The number of anilines is 3. The van der Waals surface area contributed by atoms with Crippen LogP contribution in [0.2, 0.25) is 0 Å². The van der Waals surface area contributed by atoms with Gasteiger partial charge in [0.15, 0.2) is 5.82 Å². The second-order valence-electron chi connectivity index (χ2n) is 8.94. The van der Waals surface area contributed by atoms with Crippen LogP contribution in [0.5, 0.6) is 5.88 Å². The molecule has 10 heteroatoms. The van der Waals surface area contributed by atoms with E-state index in [4.69, 9.17) is 4.74 Å². The van der Waals surface area contributed by atoms with Crippen molar-refractivity contribution in [3.8, 4) is 17.0 Å². The van der Waals surface area contributed by atoms with Crippen LogP contribution < -0.4 is 20.7 Å². The summed E-state index contributed by atoms with van der Waals surface area (Å²) in [5.74, 6) is 1.33. The summed E-state index contributed by atoms with van der Waals surface area (Å²) in [7, 11) is 0. The van der Waals surface area contributed by atoms with Gasteiger partial charge in [-0.2, -0.15) is 5.10 Å². The van der Waals surface area contributed by atoms with Gasteiger partial charge in [0.25, 0.3) is 0 Å². The molecule has 0 fully saturated rings. The molecule has 2 aliphatic rings. The van der Waals surface area contributed by atoms with Gasteiger partial charge in [-0.05, 0) is 43.0 Å². The molecule has 3 aromatic heterocycles. The summed E-state index contributed by atoms with van der Waals surface area (Å²) in [6.45, 7) is 5.36. The Kier molecular flexibility index (Phi) is 5.01. The Morgan fingerprint density at radius 1 is 1.09 bits per heavy atom. The van der Waals surface area contributed by atoms with Crippen LogP contribution in [0.1, 0.15) is 18.2 Å². The standard InChI is InChI=1S/C25H24FN7O2/c1-13-9-29-24-14(2)19(11-30-25(24)35-13)18-5-15-7-21(28-10-16(15)6-20(18)26)31-22-8-17-3-4-27-23(34)12-33(17)32-22/h5-8,10-11,13,29H,3-4,9,12H2,1-2H3,(H,27,34)(H,28,31,32)/t13-/m1/s1. The number of hydrogen-bond acceptors (Lipinski definition) is 7. The zero-order valence-electron chi connectivity index (χ0n) is 19.4. The number of hydrogen-bond donors (Lipinski definition) is 3. The van der Waals surface area contributed by atoms with E-state index in [-0.39, 0.29) is 24.4 Å². The molecule has 35 heavy (non-hydrogen) atoms. The summed E-state index contributed by atoms with van der Waals surface area (Å²) in [6.07, 6.45) is 4.03. The zero-order chi connectivity index (χ0) is 24.1. The van der Waals surface area contributed by atoms with Gasteiger partial charge in [0.2, 0.25) is 11.8 Å². The number of benzene rings is 1. The highest BCUT2D eigenvalue weighted by Gasteiger charge is 2.22. The minimum absolute atomic E-state index is 0.0264. The number of ether oxygens (including phenoxy) is 1. The molecular formula is C25H24FN7O2. The van der Waals surface area contributed by atoms with Crippen LogP contribution in [0.25, 0.3) is 21.9 Å². The number of halogens is 1. The summed E-state index contributed by atoms with van der Waals surface area (Å²) >= 11 is 0. The monoisotopic (exact) mass is 473 g/mol. The van der Waals surface area contributed by atoms with E-state index < -0.39 is 0 Å². The van der Waals surface area contributed by atoms with E-state index >= 15 is 4.39 Å². The van der Waals surface area contributed by atoms with Gasteiger partial charge in [-0.1, -0.05) is 0 Å². The highest BCUT2D eigenvalue weighted by Crippen LogP contribution is 2.38. The maximum atomic E-state index is 15.2. The van der Waals surface area contributed by atoms with Crippen molar-refractivity contribution in [3.63, 3.8) is 0 Å². The lowest BCUT2D eigenvalue weighted by Crippen LogP contribution is -2.28. The second-order valence-corrected chi connectivity index (χ2v) is 8.94. The molecule has 5 heterocycles. The van der Waals surface area contributed by atoms with Gasteiger partial charge in [0.05, 0.1) is 6.54 Å². The molecule has 6 rings (SSSR count). The molecule has 3 N–H and O–H groups in total. The lowest BCUT2D eigenvalue weighted by atomic mass is 9.98. The SMILES string of the molecule is Cc1c(-c2cc3cc(Nc4cc5n(n4)CC(=O)NCC5)ncc3cc2F)cnc2c1NC[C@@H](C)O2. The Hall–Kier alpha value is -4.21. The molecule has 1 amide bonds. The molecule has 0 bridgehead atoms. The predicted molar refractivity (Wildman–Crippen MR) is 130 cm³/mol. The Morgan fingerprint density at radius 2 is 1.97 bits per heavy atom. The van der Waals surface area contributed by atoms with E-state index in [0.717, 1.165) is 22.3 Å². The first kappa shape index (κ1) is 21.3. The molecule has 9 nitrogen and oxygen atoms in total. The minimum Gasteiger partial charge on any atom is -0.471 e. The largest absolute Gasteiger partial charge is 0.471 e. The Balaban J connectivity index is 1.34. The Bertz CT molecular complexity index is 1480. The maximum Gasteiger partial charge on any atom is 0.241 e. The number of amides is 1. The van der Waals surface area contributed by atoms with Crippen LogP contribution in [-0.4, -0.2) is 44.8 Å². The average molecular weight is 474 g/mol. The number of rotatable bonds is 3. The van der Waals surface area contributed by atoms with Crippen molar-refractivity contribution in [1.82, 2.24) is 25.1 Å². The van der Waals surface area contributed by atoms with E-state index in [2.05, 4.69) is 31.0 Å². The summed E-state index contributed by atoms with van der Waals surface area (Å²) in [6, 6.07) is 7.08. The summed E-state index contributed by atoms with van der Waals surface area (Å²) in [5, 5.41) is 15.4. The van der Waals surface area contributed by atoms with Crippen molar-refractivity contribution in [2.45, 2.75) is 32.9 Å². The van der Waals surface area contributed by atoms with Crippen molar-refractivity contribution >= 4 is 34.0 Å². The van der Waals surface area contributed by atoms with Gasteiger partial charge in [0.1, 0.15) is 30.0 Å². The Labute approximate surface area is 200 Å². The van der Waals surface area contributed by atoms with Crippen molar-refractivity contribution < 1.29 is 13.9 Å². The van der Waals surface area contributed by atoms with E-state index in [0.29, 0.717) is 53.5 Å². The van der Waals surface area contributed by atoms with Crippen LogP contribution in [0.4, 0.5) is 21.7 Å². The lowest BCUT2D eigenvalue weighted by Gasteiger charge is -2.26. The third kappa shape index (κ3) is 3.90. The number of pyridine rings is 2. The van der Waals surface area contributed by atoms with Crippen LogP contribution >= 0.6 is 0 Å². The number of aromatic nitrogens is 4. The molecule has 0 aliphatic carbocycles. The van der Waals surface area contributed by atoms with Crippen LogP contribution in [0, 0.1) is 12.7 Å². The third-order valence-corrected chi connectivity index (χ3v) is 6.40. The normalized spacial score (nSPS) is 17.0. The second kappa shape index (κ2) is 8.23. The first-order chi connectivity index (χ1) is 16.9. The molecule has 0 spiro atoms. The average Bonchev–Trinajstić information content (AvgIpc) is 3.10. The van der Waals surface area contributed by atoms with Crippen LogP contribution in [0.15, 0.2) is 36.7 Å². The van der Waals surface area contributed by atoms with E-state index in [1.807, 2.05) is 32.0 Å². The minimum atomic E-state index is -0.342. The molecule has 4 aromatic rings. The van der Waals surface area contributed by atoms with E-state index in [9.17, 15) is 4.79 Å². The van der Waals surface area contributed by atoms with Crippen molar-refractivity contribution in [3.05, 3.63) is 53.7 Å². The van der Waals surface area contributed by atoms with Gasteiger partial charge in [-0.15, -0.1) is 0 Å². The molecule has 0 saturated heterocycles. The smallest absolute Gasteiger partial charge is 0.241 e. The fraction of sp³-hybridized carbons (Fsp3) is 0.280. The fourth-order valence-corrected chi connectivity index (χ4v) is 4.58. The molecule has 0 unspecified atom stereocenters. The lowest BCUT2D eigenvalue weighted by molar-refractivity contribution is -0.121. The van der Waals surface area contributed by atoms with Crippen molar-refractivity contribution in [1.29, 1.82) is 0 Å². The quantitative estimate of drug-likeness (QED) is 0.418. The molecule has 2 aliphatic heterocycles. The molecule has 178 valence electrons. The van der Waals surface area contributed by atoms with Crippen LogP contribution in [0.3, 0.4) is 0 Å². The first-order valence-corrected chi connectivity index (χ1v) is 11.5. The number of nitrogens with zero attached hydrogens (tertiary/aromatic N) is 4. The topological polar surface area (TPSA) is 106 Å². The highest BCUT2D eigenvalue weighted by molar-refractivity contribution is 5.90. The molecular weight excluding hydrogens is 449 g/mol. The molecule has 1 aromatic carbocycles. The van der Waals surface area contributed by atoms with Gasteiger partial charge < -0.3 is 20.7 Å². The van der Waals surface area contributed by atoms with Crippen molar-refractivity contribution in [2.75, 3.05) is 23.7 Å². The van der Waals surface area contributed by atoms with E-state index in [1.54, 1.807) is 17.1 Å². The third-order valence-electron chi connectivity index (χ3n) is 6.40. The Morgan fingerprint density at radius 3 is 2.86 bits per heavy atom. The summed E-state index contributed by atoms with van der Waals surface area (Å²) in [4.78, 5) is 20.7. The van der Waals surface area contributed by atoms with Gasteiger partial charge in [0, 0.05) is 53.6 Å². The van der Waals surface area contributed by atoms with Crippen molar-refractivity contribution in [2.24, 2.45) is 0 Å². The zero-order valence-corrected chi connectivity index (χ0v) is 19.4. The predicted octanol–water partition coefficient (Wildman–Crippen LogP) is 3.55. The number of nitrogens with one attached hydrogen (secondary N) is 3. The highest BCUT2D eigenvalue weighted by atomic mass is 19.1. The van der Waals surface area contributed by atoms with Gasteiger partial charge in [-0.25, -0.2) is 14.4 Å². The molecule has 0 radical (unpaired) electrons.